The van der Waals surface area contributed by atoms with Gasteiger partial charge in [0, 0.05) is 35.1 Å². The number of halogens is 2. The van der Waals surface area contributed by atoms with Gasteiger partial charge in [-0.25, -0.2) is 4.98 Å². The summed E-state index contributed by atoms with van der Waals surface area (Å²) in [6.45, 7) is 22.7. The summed E-state index contributed by atoms with van der Waals surface area (Å²) in [6, 6.07) is 68.4. The summed E-state index contributed by atoms with van der Waals surface area (Å²) in [5.74, 6) is 0.675. The van der Waals surface area contributed by atoms with E-state index < -0.39 is 16.1 Å². The second kappa shape index (κ2) is 25.0. The number of imidazole rings is 1. The van der Waals surface area contributed by atoms with Crippen LogP contribution in [0.1, 0.15) is 56.4 Å². The smallest absolute Gasteiger partial charge is 0.486 e. The number of benzene rings is 7. The Bertz CT molecular complexity index is 4110. The Morgan fingerprint density at radius 2 is 1.08 bits per heavy atom. The van der Waals surface area contributed by atoms with Crippen molar-refractivity contribution in [1.82, 2.24) is 24.5 Å². The van der Waals surface area contributed by atoms with E-state index in [0.717, 1.165) is 61.4 Å². The van der Waals surface area contributed by atoms with Gasteiger partial charge in [0.1, 0.15) is 11.8 Å². The van der Waals surface area contributed by atoms with Crippen molar-refractivity contribution in [3.8, 4) is 67.9 Å². The maximum absolute atomic E-state index is 12.8. The quantitative estimate of drug-likeness (QED) is 0.100. The largest absolute Gasteiger partial charge is 3.00 e. The summed E-state index contributed by atoms with van der Waals surface area (Å²) in [6.07, 6.45) is 3.86. The molecule has 0 atom stereocenters. The maximum atomic E-state index is 12.8. The fourth-order valence-corrected chi connectivity index (χ4v) is 11.9. The molecule has 0 N–H and O–H groups in total. The molecule has 0 radical (unpaired) electrons. The minimum absolute atomic E-state index is 0. The third-order valence-corrected chi connectivity index (χ3v) is 18.6. The zero-order valence-corrected chi connectivity index (χ0v) is 52.6. The molecule has 0 fully saturated rings. The van der Waals surface area contributed by atoms with Crippen LogP contribution in [0.25, 0.3) is 94.9 Å². The van der Waals surface area contributed by atoms with E-state index in [9.17, 15) is 14.0 Å². The van der Waals surface area contributed by atoms with E-state index in [1.165, 1.54) is 68.0 Å². The Kier molecular flexibility index (Phi) is 17.9. The van der Waals surface area contributed by atoms with E-state index in [0.29, 0.717) is 17.0 Å². The average molecular weight is 1300 g/mol. The van der Waals surface area contributed by atoms with Gasteiger partial charge in [0.05, 0.1) is 38.6 Å². The van der Waals surface area contributed by atoms with Crippen LogP contribution in [0.3, 0.4) is 0 Å². The molecule has 0 unspecified atom stereocenters. The minimum atomic E-state index is -1.30. The van der Waals surface area contributed by atoms with Crippen LogP contribution < -0.4 is 10.4 Å². The van der Waals surface area contributed by atoms with Crippen molar-refractivity contribution < 1.29 is 33.3 Å². The van der Waals surface area contributed by atoms with Crippen LogP contribution in [-0.4, -0.2) is 40.7 Å². The molecule has 0 aliphatic rings. The standard InChI is InChI=1S/C43H33N4O.2C14H15FNSi.Ir/c1-26(2)36-23-31(30-19-17-29(18-20-30)28-11-6-5-7-12-28)24-37(27(3)4)40(36)47-39-16-9-8-15-38(39)46-42(47)35-14-10-13-33-34-22-21-32(25-44)45-43(34)48-41(33)35;2*1-17(2,3)13-8-9-14(16-10-13)11-4-6-12(15)7-5-11;/h5-13,15-24,26-27H,1-4H3;2*4,6-10H,1-3H3;/q3*-1;+3. The number of para-hydroxylation sites is 2. The molecule has 0 aliphatic heterocycles. The molecule has 12 aromatic rings. The first-order valence-electron chi connectivity index (χ1n) is 27.6. The number of furan rings is 1. The minimum Gasteiger partial charge on any atom is -0.486 e. The first kappa shape index (κ1) is 59.3. The van der Waals surface area contributed by atoms with Crippen molar-refractivity contribution >= 4 is 59.6 Å². The second-order valence-electron chi connectivity index (χ2n) is 23.1. The average Bonchev–Trinajstić information content (AvgIpc) is 3.98. The number of nitriles is 1. The van der Waals surface area contributed by atoms with Crippen LogP contribution in [0.2, 0.25) is 39.3 Å². The Labute approximate surface area is 501 Å². The van der Waals surface area contributed by atoms with Crippen LogP contribution in [0.5, 0.6) is 0 Å². The molecule has 0 aliphatic carbocycles. The van der Waals surface area contributed by atoms with Crippen molar-refractivity contribution in [2.45, 2.75) is 78.8 Å². The van der Waals surface area contributed by atoms with Gasteiger partial charge in [0.25, 0.3) is 0 Å². The summed E-state index contributed by atoms with van der Waals surface area (Å²) in [7, 11) is -2.60. The summed E-state index contributed by atoms with van der Waals surface area (Å²) in [5.41, 5.74) is 15.8. The molecule has 0 saturated heterocycles. The first-order valence-corrected chi connectivity index (χ1v) is 34.6. The normalized spacial score (nSPS) is 11.5. The summed E-state index contributed by atoms with van der Waals surface area (Å²) < 4.78 is 34.2. The van der Waals surface area contributed by atoms with E-state index in [4.69, 9.17) is 9.40 Å². The summed E-state index contributed by atoms with van der Waals surface area (Å²) in [5, 5.41) is 13.9. The van der Waals surface area contributed by atoms with E-state index in [1.54, 1.807) is 18.2 Å². The monoisotopic (exact) mass is 1300 g/mol. The number of aromatic nitrogens is 5. The first-order chi connectivity index (χ1) is 39.3. The van der Waals surface area contributed by atoms with E-state index in [-0.39, 0.29) is 43.6 Å². The molecule has 7 aromatic carbocycles. The van der Waals surface area contributed by atoms with Crippen molar-refractivity contribution in [3.63, 3.8) is 0 Å². The van der Waals surface area contributed by atoms with Gasteiger partial charge in [0.2, 0.25) is 5.71 Å². The molecular weight excluding hydrogens is 1240 g/mol. The molecule has 414 valence electrons. The SMILES string of the molecule is CC(C)c1cc(-c2ccc(-c3ccccc3)cc2)cc(C(C)C)c1-n1c(-c2[c-]ccc3c2oc2nc(C#N)ccc23)nc2ccccc21.C[Si](C)(C)c1ccc(-c2[c-]cc(F)cc2)nc1.C[Si](C)(C)c1ccc(-c2[c-]cc(F)cc2)nc1.[Ir+3]. The van der Waals surface area contributed by atoms with Crippen molar-refractivity contribution in [2.24, 2.45) is 0 Å². The van der Waals surface area contributed by atoms with Gasteiger partial charge in [-0.05, 0) is 103 Å². The third-order valence-electron chi connectivity index (χ3n) is 14.5. The van der Waals surface area contributed by atoms with Crippen LogP contribution >= 0.6 is 0 Å². The van der Waals surface area contributed by atoms with E-state index in [2.05, 4.69) is 202 Å². The molecule has 0 saturated carbocycles. The molecule has 5 aromatic heterocycles. The van der Waals surface area contributed by atoms with Gasteiger partial charge < -0.3 is 19.0 Å². The Hall–Kier alpha value is -8.31. The maximum Gasteiger partial charge on any atom is 3.00 e. The van der Waals surface area contributed by atoms with Crippen LogP contribution in [0.4, 0.5) is 8.78 Å². The summed E-state index contributed by atoms with van der Waals surface area (Å²) in [4.78, 5) is 18.5. The molecule has 0 bridgehead atoms. The van der Waals surface area contributed by atoms with E-state index >= 15 is 0 Å². The summed E-state index contributed by atoms with van der Waals surface area (Å²) >= 11 is 0. The van der Waals surface area contributed by atoms with Crippen molar-refractivity contribution in [2.75, 3.05) is 0 Å². The van der Waals surface area contributed by atoms with E-state index in [1.807, 2.05) is 54.9 Å². The zero-order valence-electron chi connectivity index (χ0n) is 48.2. The number of rotatable bonds is 10. The third kappa shape index (κ3) is 13.2. The van der Waals surface area contributed by atoms with Crippen LogP contribution in [0, 0.1) is 41.2 Å². The Morgan fingerprint density at radius 1 is 0.554 bits per heavy atom. The van der Waals surface area contributed by atoms with Crippen molar-refractivity contribution in [3.05, 3.63) is 235 Å². The molecular formula is C71H63F2IrN6OSi2. The number of pyridine rings is 3. The second-order valence-corrected chi connectivity index (χ2v) is 33.2. The van der Waals surface area contributed by atoms with Crippen molar-refractivity contribution in [1.29, 1.82) is 5.26 Å². The molecule has 0 spiro atoms. The molecule has 7 nitrogen and oxygen atoms in total. The van der Waals surface area contributed by atoms with Gasteiger partial charge in [0.15, 0.2) is 0 Å². The predicted molar refractivity (Wildman–Crippen MR) is 337 cm³/mol. The predicted octanol–water partition coefficient (Wildman–Crippen LogP) is 17.7. The molecule has 0 amide bonds. The zero-order chi connectivity index (χ0) is 57.9. The number of hydrogen-bond acceptors (Lipinski definition) is 6. The van der Waals surface area contributed by atoms with Crippen LogP contribution in [-0.2, 0) is 20.1 Å². The van der Waals surface area contributed by atoms with Gasteiger partial charge >= 0.3 is 20.1 Å². The van der Waals surface area contributed by atoms with Gasteiger partial charge in [-0.15, -0.1) is 77.9 Å². The van der Waals surface area contributed by atoms with Crippen LogP contribution in [0.15, 0.2) is 193 Å². The van der Waals surface area contributed by atoms with Gasteiger partial charge in [-0.2, -0.15) is 5.26 Å². The number of hydrogen-bond donors (Lipinski definition) is 0. The van der Waals surface area contributed by atoms with Gasteiger partial charge in [-0.1, -0.05) is 169 Å². The Balaban J connectivity index is 0.000000193. The molecule has 12 rings (SSSR count). The Morgan fingerprint density at radius 3 is 1.58 bits per heavy atom. The fraction of sp³-hybridized carbons (Fsp3) is 0.169. The molecule has 5 heterocycles. The van der Waals surface area contributed by atoms with Gasteiger partial charge in [-0.3, -0.25) is 13.8 Å². The molecule has 12 heteroatoms. The number of fused-ring (bicyclic) bond motifs is 4. The fourth-order valence-electron chi connectivity index (χ4n) is 9.87. The molecule has 83 heavy (non-hydrogen) atoms. The number of nitrogens with zero attached hydrogens (tertiary/aromatic N) is 6. The topological polar surface area (TPSA) is 93.4 Å².